The van der Waals surface area contributed by atoms with Crippen molar-refractivity contribution in [2.45, 2.75) is 13.0 Å². The zero-order valence-electron chi connectivity index (χ0n) is 14.5. The van der Waals surface area contributed by atoms with Crippen molar-refractivity contribution in [3.8, 4) is 0 Å². The molecule has 2 aromatic carbocycles. The summed E-state index contributed by atoms with van der Waals surface area (Å²) in [5.74, 6) is -1.61. The van der Waals surface area contributed by atoms with Gasteiger partial charge in [0.1, 0.15) is 6.54 Å². The molecule has 2 rings (SSSR count). The Balaban J connectivity index is 1.74. The highest BCUT2D eigenvalue weighted by Crippen LogP contribution is 2.25. The van der Waals surface area contributed by atoms with Gasteiger partial charge in [-0.3, -0.25) is 14.4 Å². The van der Waals surface area contributed by atoms with Gasteiger partial charge in [0.15, 0.2) is 6.61 Å². The first-order valence-corrected chi connectivity index (χ1v) is 8.85. The highest BCUT2D eigenvalue weighted by atomic mass is 35.5. The predicted octanol–water partition coefficient (Wildman–Crippen LogP) is 3.14. The van der Waals surface area contributed by atoms with Gasteiger partial charge < -0.3 is 15.4 Å². The molecule has 0 aliphatic heterocycles. The van der Waals surface area contributed by atoms with Gasteiger partial charge in [-0.15, -0.1) is 0 Å². The Morgan fingerprint density at radius 1 is 1.07 bits per heavy atom. The number of rotatable bonds is 7. The molecule has 6 nitrogen and oxygen atoms in total. The topological polar surface area (TPSA) is 84.5 Å². The normalized spacial score (nSPS) is 11.4. The number of hydrogen-bond acceptors (Lipinski definition) is 4. The predicted molar refractivity (Wildman–Crippen MR) is 103 cm³/mol. The minimum atomic E-state index is -0.716. The van der Waals surface area contributed by atoms with E-state index in [1.165, 1.54) is 0 Å². The van der Waals surface area contributed by atoms with Crippen LogP contribution in [0.3, 0.4) is 0 Å². The Bertz CT molecular complexity index is 828. The fraction of sp³-hybridized carbons (Fsp3) is 0.211. The first-order chi connectivity index (χ1) is 12.9. The number of carbonyl (C=O) groups is 3. The van der Waals surface area contributed by atoms with Crippen LogP contribution in [0.4, 0.5) is 0 Å². The molecule has 0 fully saturated rings. The van der Waals surface area contributed by atoms with E-state index in [0.717, 1.165) is 0 Å². The smallest absolute Gasteiger partial charge is 0.325 e. The van der Waals surface area contributed by atoms with Gasteiger partial charge in [-0.1, -0.05) is 47.5 Å². The molecule has 0 spiro atoms. The lowest BCUT2D eigenvalue weighted by Crippen LogP contribution is -2.34. The van der Waals surface area contributed by atoms with Gasteiger partial charge in [-0.2, -0.15) is 0 Å². The highest BCUT2D eigenvalue weighted by Gasteiger charge is 2.15. The van der Waals surface area contributed by atoms with Crippen LogP contribution in [0.5, 0.6) is 0 Å². The molecule has 142 valence electrons. The van der Waals surface area contributed by atoms with Crippen molar-refractivity contribution in [2.24, 2.45) is 0 Å². The minimum Gasteiger partial charge on any atom is -0.454 e. The summed E-state index contributed by atoms with van der Waals surface area (Å²) in [7, 11) is 0. The number of carbonyl (C=O) groups excluding carboxylic acids is 3. The standard InChI is InChI=1S/C19H18Cl2N2O4/c1-12(15-8-7-14(20)9-16(15)21)23-17(24)11-27-18(25)10-22-19(26)13-5-3-2-4-6-13/h2-9,12H,10-11H2,1H3,(H,22,26)(H,23,24)/t12-/m1/s1. The zero-order valence-corrected chi connectivity index (χ0v) is 16.0. The van der Waals surface area contributed by atoms with Crippen molar-refractivity contribution in [3.63, 3.8) is 0 Å². The molecular formula is C19H18Cl2N2O4. The number of nitrogens with one attached hydrogen (secondary N) is 2. The largest absolute Gasteiger partial charge is 0.454 e. The summed E-state index contributed by atoms with van der Waals surface area (Å²) in [6.07, 6.45) is 0. The molecule has 1 atom stereocenters. The second-order valence-corrected chi connectivity index (χ2v) is 6.51. The Labute approximate surface area is 166 Å². The van der Waals surface area contributed by atoms with Crippen molar-refractivity contribution in [1.82, 2.24) is 10.6 Å². The van der Waals surface area contributed by atoms with Gasteiger partial charge in [-0.05, 0) is 36.8 Å². The van der Waals surface area contributed by atoms with Gasteiger partial charge in [0.2, 0.25) is 0 Å². The van der Waals surface area contributed by atoms with E-state index in [1.807, 2.05) is 0 Å². The third-order valence-corrected chi connectivity index (χ3v) is 4.16. The summed E-state index contributed by atoms with van der Waals surface area (Å²) in [6, 6.07) is 13.0. The van der Waals surface area contributed by atoms with E-state index in [9.17, 15) is 14.4 Å². The number of benzene rings is 2. The fourth-order valence-electron chi connectivity index (χ4n) is 2.25. The van der Waals surface area contributed by atoms with E-state index in [4.69, 9.17) is 27.9 Å². The van der Waals surface area contributed by atoms with Crippen molar-refractivity contribution >= 4 is 41.0 Å². The summed E-state index contributed by atoms with van der Waals surface area (Å²) < 4.78 is 4.86. The van der Waals surface area contributed by atoms with Crippen LogP contribution in [0.1, 0.15) is 28.9 Å². The molecule has 0 aliphatic carbocycles. The van der Waals surface area contributed by atoms with E-state index >= 15 is 0 Å². The third kappa shape index (κ3) is 6.58. The first kappa shape index (κ1) is 20.7. The highest BCUT2D eigenvalue weighted by molar-refractivity contribution is 6.35. The van der Waals surface area contributed by atoms with Gasteiger partial charge in [-0.25, -0.2) is 0 Å². The van der Waals surface area contributed by atoms with E-state index in [-0.39, 0.29) is 6.54 Å². The molecule has 8 heteroatoms. The fourth-order valence-corrected chi connectivity index (χ4v) is 2.83. The average Bonchev–Trinajstić information content (AvgIpc) is 2.65. The van der Waals surface area contributed by atoms with Gasteiger partial charge in [0.25, 0.3) is 11.8 Å². The zero-order chi connectivity index (χ0) is 19.8. The molecular weight excluding hydrogens is 391 g/mol. The maximum Gasteiger partial charge on any atom is 0.325 e. The Hall–Kier alpha value is -2.57. The monoisotopic (exact) mass is 408 g/mol. The molecule has 2 aromatic rings. The van der Waals surface area contributed by atoms with E-state index < -0.39 is 30.4 Å². The van der Waals surface area contributed by atoms with Crippen LogP contribution in [0.15, 0.2) is 48.5 Å². The molecule has 2 N–H and O–H groups in total. The van der Waals surface area contributed by atoms with Crippen LogP contribution < -0.4 is 10.6 Å². The Kier molecular flexibility index (Phi) is 7.64. The number of hydrogen-bond donors (Lipinski definition) is 2. The second-order valence-electron chi connectivity index (χ2n) is 5.66. The van der Waals surface area contributed by atoms with Gasteiger partial charge in [0, 0.05) is 15.6 Å². The van der Waals surface area contributed by atoms with Crippen LogP contribution >= 0.6 is 23.2 Å². The molecule has 0 saturated heterocycles. The second kappa shape index (κ2) is 9.94. The van der Waals surface area contributed by atoms with Gasteiger partial charge >= 0.3 is 5.97 Å². The number of amides is 2. The first-order valence-electron chi connectivity index (χ1n) is 8.10. The molecule has 0 heterocycles. The quantitative estimate of drug-likeness (QED) is 0.689. The van der Waals surface area contributed by atoms with Crippen LogP contribution in [-0.4, -0.2) is 30.9 Å². The molecule has 0 saturated carbocycles. The SMILES string of the molecule is C[C@@H](NC(=O)COC(=O)CNC(=O)c1ccccc1)c1ccc(Cl)cc1Cl. The number of esters is 1. The molecule has 0 bridgehead atoms. The van der Waals surface area contributed by atoms with Crippen molar-refractivity contribution in [3.05, 3.63) is 69.7 Å². The molecule has 0 aromatic heterocycles. The molecule has 0 unspecified atom stereocenters. The van der Waals surface area contributed by atoms with Crippen molar-refractivity contribution < 1.29 is 19.1 Å². The van der Waals surface area contributed by atoms with Crippen LogP contribution in [0.2, 0.25) is 10.0 Å². The van der Waals surface area contributed by atoms with Crippen LogP contribution in [0.25, 0.3) is 0 Å². The minimum absolute atomic E-state index is 0.334. The molecule has 2 amide bonds. The Morgan fingerprint density at radius 3 is 2.44 bits per heavy atom. The maximum absolute atomic E-state index is 11.9. The lowest BCUT2D eigenvalue weighted by molar-refractivity contribution is -0.147. The van der Waals surface area contributed by atoms with Crippen LogP contribution in [0, 0.1) is 0 Å². The number of halogens is 2. The van der Waals surface area contributed by atoms with Crippen LogP contribution in [-0.2, 0) is 14.3 Å². The maximum atomic E-state index is 11.9. The average molecular weight is 409 g/mol. The summed E-state index contributed by atoms with van der Waals surface area (Å²) >= 11 is 11.9. The van der Waals surface area contributed by atoms with E-state index in [2.05, 4.69) is 10.6 Å². The number of ether oxygens (including phenoxy) is 1. The van der Waals surface area contributed by atoms with E-state index in [0.29, 0.717) is 21.2 Å². The molecule has 27 heavy (non-hydrogen) atoms. The molecule has 0 aliphatic rings. The van der Waals surface area contributed by atoms with Crippen molar-refractivity contribution in [1.29, 1.82) is 0 Å². The lowest BCUT2D eigenvalue weighted by Gasteiger charge is -2.16. The van der Waals surface area contributed by atoms with E-state index in [1.54, 1.807) is 55.5 Å². The summed E-state index contributed by atoms with van der Waals surface area (Å²) in [6.45, 7) is 0.948. The summed E-state index contributed by atoms with van der Waals surface area (Å²) in [4.78, 5) is 35.4. The lowest BCUT2D eigenvalue weighted by atomic mass is 10.1. The van der Waals surface area contributed by atoms with Crippen molar-refractivity contribution in [2.75, 3.05) is 13.2 Å². The third-order valence-electron chi connectivity index (χ3n) is 3.60. The Morgan fingerprint density at radius 2 is 1.78 bits per heavy atom. The summed E-state index contributed by atoms with van der Waals surface area (Å²) in [5.41, 5.74) is 1.12. The summed E-state index contributed by atoms with van der Waals surface area (Å²) in [5, 5.41) is 6.02. The molecule has 0 radical (unpaired) electrons. The van der Waals surface area contributed by atoms with Gasteiger partial charge in [0.05, 0.1) is 6.04 Å².